The van der Waals surface area contributed by atoms with E-state index in [4.69, 9.17) is 5.26 Å². The minimum Gasteiger partial charge on any atom is -0.343 e. The SMILES string of the molecule is N#CCNC(=O)Cc1ccc2c(c1)NC(=O)CS2. The maximum absolute atomic E-state index is 11.4. The number of rotatable bonds is 3. The van der Waals surface area contributed by atoms with Crippen LogP contribution in [0.25, 0.3) is 0 Å². The van der Waals surface area contributed by atoms with Crippen LogP contribution in [0, 0.1) is 11.3 Å². The molecule has 0 bridgehead atoms. The number of hydrogen-bond acceptors (Lipinski definition) is 4. The van der Waals surface area contributed by atoms with Crippen LogP contribution in [0.5, 0.6) is 0 Å². The summed E-state index contributed by atoms with van der Waals surface area (Å²) in [6.45, 7) is 0.0103. The molecule has 0 aromatic heterocycles. The summed E-state index contributed by atoms with van der Waals surface area (Å²) in [5, 5.41) is 13.6. The summed E-state index contributed by atoms with van der Waals surface area (Å²) in [4.78, 5) is 23.7. The molecule has 0 radical (unpaired) electrons. The Morgan fingerprint density at radius 1 is 1.56 bits per heavy atom. The van der Waals surface area contributed by atoms with Gasteiger partial charge in [-0.05, 0) is 17.7 Å². The van der Waals surface area contributed by atoms with Gasteiger partial charge in [-0.3, -0.25) is 9.59 Å². The Hall–Kier alpha value is -2.00. The second-order valence-electron chi connectivity index (χ2n) is 3.78. The summed E-state index contributed by atoms with van der Waals surface area (Å²) < 4.78 is 0. The average Bonchev–Trinajstić information content (AvgIpc) is 2.36. The third-order valence-electron chi connectivity index (χ3n) is 2.41. The van der Waals surface area contributed by atoms with Crippen LogP contribution >= 0.6 is 11.8 Å². The lowest BCUT2D eigenvalue weighted by molar-refractivity contribution is -0.120. The number of carbonyl (C=O) groups excluding carboxylic acids is 2. The van der Waals surface area contributed by atoms with Gasteiger partial charge in [-0.1, -0.05) is 6.07 Å². The van der Waals surface area contributed by atoms with Crippen molar-refractivity contribution in [2.45, 2.75) is 11.3 Å². The van der Waals surface area contributed by atoms with Crippen molar-refractivity contribution in [3.63, 3.8) is 0 Å². The van der Waals surface area contributed by atoms with E-state index in [-0.39, 0.29) is 24.8 Å². The van der Waals surface area contributed by atoms with E-state index >= 15 is 0 Å². The molecule has 6 heteroatoms. The molecule has 1 aliphatic rings. The standard InChI is InChI=1S/C12H11N3O2S/c13-3-4-14-11(16)6-8-1-2-10-9(5-8)15-12(17)7-18-10/h1-2,5H,4,6-7H2,(H,14,16)(H,15,17). The Morgan fingerprint density at radius 2 is 2.39 bits per heavy atom. The molecule has 5 nitrogen and oxygen atoms in total. The molecule has 0 saturated heterocycles. The molecule has 0 unspecified atom stereocenters. The molecule has 0 saturated carbocycles. The third kappa shape index (κ3) is 3.02. The van der Waals surface area contributed by atoms with Crippen molar-refractivity contribution >= 4 is 29.3 Å². The minimum atomic E-state index is -0.203. The lowest BCUT2D eigenvalue weighted by Gasteiger charge is -2.16. The molecule has 1 heterocycles. The van der Waals surface area contributed by atoms with E-state index in [0.29, 0.717) is 5.75 Å². The highest BCUT2D eigenvalue weighted by molar-refractivity contribution is 8.00. The van der Waals surface area contributed by atoms with Crippen molar-refractivity contribution in [3.8, 4) is 6.07 Å². The molecular formula is C12H11N3O2S. The van der Waals surface area contributed by atoms with Crippen molar-refractivity contribution in [1.82, 2.24) is 5.32 Å². The molecular weight excluding hydrogens is 250 g/mol. The summed E-state index contributed by atoms with van der Waals surface area (Å²) >= 11 is 1.48. The number of nitriles is 1. The van der Waals surface area contributed by atoms with E-state index in [9.17, 15) is 9.59 Å². The second kappa shape index (κ2) is 5.56. The van der Waals surface area contributed by atoms with Crippen molar-refractivity contribution in [1.29, 1.82) is 5.26 Å². The molecule has 0 spiro atoms. The predicted molar refractivity (Wildman–Crippen MR) is 68.1 cm³/mol. The smallest absolute Gasteiger partial charge is 0.234 e. The first-order chi connectivity index (χ1) is 8.69. The Balaban J connectivity index is 2.07. The van der Waals surface area contributed by atoms with Crippen LogP contribution in [0.1, 0.15) is 5.56 Å². The van der Waals surface area contributed by atoms with Crippen molar-refractivity contribution < 1.29 is 9.59 Å². The number of fused-ring (bicyclic) bond motifs is 1. The molecule has 2 N–H and O–H groups in total. The zero-order valence-corrected chi connectivity index (χ0v) is 10.3. The van der Waals surface area contributed by atoms with E-state index in [0.717, 1.165) is 16.1 Å². The number of carbonyl (C=O) groups is 2. The normalized spacial score (nSPS) is 13.2. The number of anilines is 1. The summed E-state index contributed by atoms with van der Waals surface area (Å²) in [6.07, 6.45) is 0.204. The fraction of sp³-hybridized carbons (Fsp3) is 0.250. The van der Waals surface area contributed by atoms with Crippen molar-refractivity contribution in [2.75, 3.05) is 17.6 Å². The molecule has 1 aromatic carbocycles. The van der Waals surface area contributed by atoms with Crippen LogP contribution in [0.15, 0.2) is 23.1 Å². The molecule has 1 aliphatic heterocycles. The third-order valence-corrected chi connectivity index (χ3v) is 3.48. The first-order valence-electron chi connectivity index (χ1n) is 5.38. The van der Waals surface area contributed by atoms with Gasteiger partial charge in [0.2, 0.25) is 11.8 Å². The first-order valence-corrected chi connectivity index (χ1v) is 6.37. The zero-order chi connectivity index (χ0) is 13.0. The maximum atomic E-state index is 11.4. The number of nitrogens with one attached hydrogen (secondary N) is 2. The molecule has 0 aliphatic carbocycles. The van der Waals surface area contributed by atoms with E-state index < -0.39 is 0 Å². The second-order valence-corrected chi connectivity index (χ2v) is 4.80. The summed E-state index contributed by atoms with van der Waals surface area (Å²) in [5.74, 6) is 0.194. The van der Waals surface area contributed by atoms with Crippen LogP contribution in [-0.4, -0.2) is 24.1 Å². The van der Waals surface area contributed by atoms with E-state index in [1.54, 1.807) is 6.07 Å². The van der Waals surface area contributed by atoms with Gasteiger partial charge in [0.25, 0.3) is 0 Å². The molecule has 92 valence electrons. The number of hydrogen-bond donors (Lipinski definition) is 2. The number of amides is 2. The van der Waals surface area contributed by atoms with E-state index in [2.05, 4.69) is 10.6 Å². The van der Waals surface area contributed by atoms with E-state index in [1.807, 2.05) is 18.2 Å². The predicted octanol–water partition coefficient (Wildman–Crippen LogP) is 0.913. The number of benzene rings is 1. The van der Waals surface area contributed by atoms with Gasteiger partial charge in [0, 0.05) is 4.90 Å². The monoisotopic (exact) mass is 261 g/mol. The Labute approximate surface area is 109 Å². The molecule has 0 atom stereocenters. The fourth-order valence-electron chi connectivity index (χ4n) is 1.63. The van der Waals surface area contributed by atoms with Crippen LogP contribution in [0.2, 0.25) is 0 Å². The van der Waals surface area contributed by atoms with Crippen LogP contribution in [0.3, 0.4) is 0 Å². The lowest BCUT2D eigenvalue weighted by Crippen LogP contribution is -2.25. The average molecular weight is 261 g/mol. The molecule has 2 rings (SSSR count). The molecule has 2 amide bonds. The molecule has 18 heavy (non-hydrogen) atoms. The first kappa shape index (κ1) is 12.5. The van der Waals surface area contributed by atoms with Gasteiger partial charge in [0.15, 0.2) is 0 Å². The zero-order valence-electron chi connectivity index (χ0n) is 9.53. The maximum Gasteiger partial charge on any atom is 0.234 e. The van der Waals surface area contributed by atoms with Gasteiger partial charge in [0.1, 0.15) is 6.54 Å². The highest BCUT2D eigenvalue weighted by atomic mass is 32.2. The molecule has 1 aromatic rings. The van der Waals surface area contributed by atoms with Crippen LogP contribution < -0.4 is 10.6 Å². The van der Waals surface area contributed by atoms with Gasteiger partial charge in [-0.25, -0.2) is 0 Å². The van der Waals surface area contributed by atoms with Gasteiger partial charge in [-0.15, -0.1) is 11.8 Å². The van der Waals surface area contributed by atoms with Gasteiger partial charge in [0.05, 0.1) is 23.9 Å². The topological polar surface area (TPSA) is 82.0 Å². The lowest BCUT2D eigenvalue weighted by atomic mass is 10.1. The van der Waals surface area contributed by atoms with Gasteiger partial charge >= 0.3 is 0 Å². The summed E-state index contributed by atoms with van der Waals surface area (Å²) in [5.41, 5.74) is 1.56. The molecule has 0 fully saturated rings. The fourth-order valence-corrected chi connectivity index (χ4v) is 2.41. The highest BCUT2D eigenvalue weighted by Crippen LogP contribution is 2.31. The van der Waals surface area contributed by atoms with Crippen molar-refractivity contribution in [2.24, 2.45) is 0 Å². The Kier molecular flexibility index (Phi) is 3.85. The van der Waals surface area contributed by atoms with Crippen molar-refractivity contribution in [3.05, 3.63) is 23.8 Å². The minimum absolute atomic E-state index is 0.0103. The summed E-state index contributed by atoms with van der Waals surface area (Å²) in [6, 6.07) is 7.40. The van der Waals surface area contributed by atoms with Crippen LogP contribution in [-0.2, 0) is 16.0 Å². The largest absolute Gasteiger partial charge is 0.343 e. The van der Waals surface area contributed by atoms with Gasteiger partial charge in [-0.2, -0.15) is 5.26 Å². The van der Waals surface area contributed by atoms with Crippen LogP contribution in [0.4, 0.5) is 5.69 Å². The van der Waals surface area contributed by atoms with Gasteiger partial charge < -0.3 is 10.6 Å². The Bertz CT molecular complexity index is 537. The highest BCUT2D eigenvalue weighted by Gasteiger charge is 2.15. The van der Waals surface area contributed by atoms with E-state index in [1.165, 1.54) is 11.8 Å². The Morgan fingerprint density at radius 3 is 3.17 bits per heavy atom. The number of thioether (sulfide) groups is 1. The number of nitrogens with zero attached hydrogens (tertiary/aromatic N) is 1. The quantitative estimate of drug-likeness (QED) is 0.792. The summed E-state index contributed by atoms with van der Waals surface area (Å²) in [7, 11) is 0.